The summed E-state index contributed by atoms with van der Waals surface area (Å²) in [6, 6.07) is 10.6. The van der Waals surface area contributed by atoms with Crippen LogP contribution in [0.1, 0.15) is 48.7 Å². The number of nitrogens with one attached hydrogen (secondary N) is 1. The van der Waals surface area contributed by atoms with Crippen molar-refractivity contribution in [1.82, 2.24) is 0 Å². The number of carbonyl (C=O) groups is 2. The van der Waals surface area contributed by atoms with E-state index in [2.05, 4.69) is 5.32 Å². The molecule has 0 radical (unpaired) electrons. The van der Waals surface area contributed by atoms with Gasteiger partial charge in [-0.05, 0) is 63.9 Å². The Labute approximate surface area is 172 Å². The molecule has 0 aliphatic heterocycles. The molecular weight excluding hydrogens is 370 g/mol. The van der Waals surface area contributed by atoms with Crippen LogP contribution in [0.2, 0.25) is 0 Å². The number of anilines is 1. The standard InChI is InChI=1S/C23H29NO5/c1-6-12-28-20-11-9-18(14-21(20)27-7-2)23(26)29-17(5)22(25)24-19-10-8-15(3)13-16(19)4/h8-11,13-14,17H,6-7,12H2,1-5H3,(H,24,25)/t17-/m1/s1. The van der Waals surface area contributed by atoms with E-state index in [9.17, 15) is 9.59 Å². The minimum atomic E-state index is -0.949. The van der Waals surface area contributed by atoms with Gasteiger partial charge in [0.05, 0.1) is 18.8 Å². The van der Waals surface area contributed by atoms with Gasteiger partial charge in [0.2, 0.25) is 0 Å². The summed E-state index contributed by atoms with van der Waals surface area (Å²) in [5, 5.41) is 2.80. The van der Waals surface area contributed by atoms with Gasteiger partial charge in [-0.1, -0.05) is 24.6 Å². The zero-order chi connectivity index (χ0) is 21.4. The molecule has 1 atom stereocenters. The number of benzene rings is 2. The molecule has 0 spiro atoms. The van der Waals surface area contributed by atoms with Gasteiger partial charge in [0.1, 0.15) is 0 Å². The van der Waals surface area contributed by atoms with Crippen molar-refractivity contribution in [2.45, 2.75) is 47.1 Å². The van der Waals surface area contributed by atoms with E-state index in [1.807, 2.05) is 45.9 Å². The van der Waals surface area contributed by atoms with E-state index in [0.29, 0.717) is 36.0 Å². The Balaban J connectivity index is 2.05. The van der Waals surface area contributed by atoms with Gasteiger partial charge >= 0.3 is 5.97 Å². The predicted molar refractivity (Wildman–Crippen MR) is 113 cm³/mol. The summed E-state index contributed by atoms with van der Waals surface area (Å²) < 4.78 is 16.5. The fourth-order valence-corrected chi connectivity index (χ4v) is 2.70. The molecule has 0 bridgehead atoms. The molecule has 6 heteroatoms. The first-order valence-corrected chi connectivity index (χ1v) is 9.84. The van der Waals surface area contributed by atoms with Crippen LogP contribution in [0, 0.1) is 13.8 Å². The highest BCUT2D eigenvalue weighted by atomic mass is 16.5. The predicted octanol–water partition coefficient (Wildman–Crippen LogP) is 4.67. The van der Waals surface area contributed by atoms with Crippen molar-refractivity contribution in [3.05, 3.63) is 53.1 Å². The minimum absolute atomic E-state index is 0.295. The third-order valence-electron chi connectivity index (χ3n) is 4.23. The van der Waals surface area contributed by atoms with Gasteiger partial charge in [-0.2, -0.15) is 0 Å². The van der Waals surface area contributed by atoms with Gasteiger partial charge in [-0.3, -0.25) is 4.79 Å². The Morgan fingerprint density at radius 1 is 1.00 bits per heavy atom. The molecule has 1 N–H and O–H groups in total. The van der Waals surface area contributed by atoms with E-state index in [1.165, 1.54) is 0 Å². The maximum Gasteiger partial charge on any atom is 0.339 e. The van der Waals surface area contributed by atoms with Crippen molar-refractivity contribution in [1.29, 1.82) is 0 Å². The number of aryl methyl sites for hydroxylation is 2. The molecule has 0 fully saturated rings. The average Bonchev–Trinajstić information content (AvgIpc) is 2.69. The Hall–Kier alpha value is -3.02. The zero-order valence-electron chi connectivity index (χ0n) is 17.7. The molecular formula is C23H29NO5. The number of rotatable bonds is 9. The van der Waals surface area contributed by atoms with E-state index >= 15 is 0 Å². The molecule has 156 valence electrons. The Bertz CT molecular complexity index is 862. The molecule has 1 amide bonds. The lowest BCUT2D eigenvalue weighted by Gasteiger charge is -2.16. The van der Waals surface area contributed by atoms with Gasteiger partial charge in [0, 0.05) is 5.69 Å². The van der Waals surface area contributed by atoms with E-state index in [-0.39, 0.29) is 0 Å². The van der Waals surface area contributed by atoms with Crippen molar-refractivity contribution in [2.24, 2.45) is 0 Å². The summed E-state index contributed by atoms with van der Waals surface area (Å²) in [4.78, 5) is 24.9. The smallest absolute Gasteiger partial charge is 0.339 e. The van der Waals surface area contributed by atoms with Crippen LogP contribution in [0.4, 0.5) is 5.69 Å². The second-order valence-corrected chi connectivity index (χ2v) is 6.80. The third-order valence-corrected chi connectivity index (χ3v) is 4.23. The summed E-state index contributed by atoms with van der Waals surface area (Å²) in [6.07, 6.45) is -0.0858. The van der Waals surface area contributed by atoms with Crippen molar-refractivity contribution >= 4 is 17.6 Å². The van der Waals surface area contributed by atoms with Crippen LogP contribution in [-0.4, -0.2) is 31.2 Å². The number of hydrogen-bond donors (Lipinski definition) is 1. The monoisotopic (exact) mass is 399 g/mol. The number of amides is 1. The maximum atomic E-state index is 12.5. The zero-order valence-corrected chi connectivity index (χ0v) is 17.7. The second-order valence-electron chi connectivity index (χ2n) is 6.80. The molecule has 0 unspecified atom stereocenters. The third kappa shape index (κ3) is 6.24. The SMILES string of the molecule is CCCOc1ccc(C(=O)O[C@H](C)C(=O)Nc2ccc(C)cc2C)cc1OCC. The molecule has 2 rings (SSSR count). The van der Waals surface area contributed by atoms with Crippen LogP contribution in [0.5, 0.6) is 11.5 Å². The highest BCUT2D eigenvalue weighted by Crippen LogP contribution is 2.29. The van der Waals surface area contributed by atoms with Crippen LogP contribution in [0.25, 0.3) is 0 Å². The van der Waals surface area contributed by atoms with Crippen LogP contribution >= 0.6 is 0 Å². The largest absolute Gasteiger partial charge is 0.490 e. The summed E-state index contributed by atoms with van der Waals surface area (Å²) in [5.74, 6) is 0.0585. The average molecular weight is 399 g/mol. The van der Waals surface area contributed by atoms with Gasteiger partial charge in [-0.25, -0.2) is 4.79 Å². The summed E-state index contributed by atoms with van der Waals surface area (Å²) >= 11 is 0. The summed E-state index contributed by atoms with van der Waals surface area (Å²) in [6.45, 7) is 10.3. The molecule has 2 aromatic carbocycles. The maximum absolute atomic E-state index is 12.5. The van der Waals surface area contributed by atoms with Gasteiger partial charge in [0.15, 0.2) is 17.6 Å². The van der Waals surface area contributed by atoms with Crippen LogP contribution in [0.15, 0.2) is 36.4 Å². The molecule has 29 heavy (non-hydrogen) atoms. The molecule has 2 aromatic rings. The number of hydrogen-bond acceptors (Lipinski definition) is 5. The van der Waals surface area contributed by atoms with Gasteiger partial charge in [0.25, 0.3) is 5.91 Å². The first-order chi connectivity index (χ1) is 13.8. The lowest BCUT2D eigenvalue weighted by Crippen LogP contribution is -2.30. The van der Waals surface area contributed by atoms with E-state index < -0.39 is 18.0 Å². The lowest BCUT2D eigenvalue weighted by atomic mass is 10.1. The molecule has 0 heterocycles. The highest BCUT2D eigenvalue weighted by molar-refractivity contribution is 5.98. The number of esters is 1. The normalized spacial score (nSPS) is 11.5. The van der Waals surface area contributed by atoms with Gasteiger partial charge in [-0.15, -0.1) is 0 Å². The van der Waals surface area contributed by atoms with Crippen molar-refractivity contribution in [3.8, 4) is 11.5 Å². The summed E-state index contributed by atoms with van der Waals surface area (Å²) in [5.41, 5.74) is 3.04. The molecule has 6 nitrogen and oxygen atoms in total. The lowest BCUT2D eigenvalue weighted by molar-refractivity contribution is -0.123. The van der Waals surface area contributed by atoms with Crippen LogP contribution in [-0.2, 0) is 9.53 Å². The highest BCUT2D eigenvalue weighted by Gasteiger charge is 2.21. The van der Waals surface area contributed by atoms with E-state index in [4.69, 9.17) is 14.2 Å². The number of ether oxygens (including phenoxy) is 3. The Morgan fingerprint density at radius 3 is 2.41 bits per heavy atom. The van der Waals surface area contributed by atoms with Crippen molar-refractivity contribution < 1.29 is 23.8 Å². The van der Waals surface area contributed by atoms with Crippen molar-refractivity contribution in [3.63, 3.8) is 0 Å². The Kier molecular flexibility index (Phi) is 8.07. The van der Waals surface area contributed by atoms with Crippen LogP contribution in [0.3, 0.4) is 0 Å². The first-order valence-electron chi connectivity index (χ1n) is 9.84. The van der Waals surface area contributed by atoms with E-state index in [0.717, 1.165) is 17.5 Å². The van der Waals surface area contributed by atoms with Crippen LogP contribution < -0.4 is 14.8 Å². The fraction of sp³-hybridized carbons (Fsp3) is 0.391. The van der Waals surface area contributed by atoms with Crippen molar-refractivity contribution in [2.75, 3.05) is 18.5 Å². The van der Waals surface area contributed by atoms with E-state index in [1.54, 1.807) is 25.1 Å². The number of carbonyl (C=O) groups excluding carboxylic acids is 2. The molecule has 0 aromatic heterocycles. The topological polar surface area (TPSA) is 73.9 Å². The molecule has 0 aliphatic rings. The quantitative estimate of drug-likeness (QED) is 0.620. The molecule has 0 saturated carbocycles. The molecule has 0 saturated heterocycles. The summed E-state index contributed by atoms with van der Waals surface area (Å²) in [7, 11) is 0. The minimum Gasteiger partial charge on any atom is -0.490 e. The second kappa shape index (κ2) is 10.5. The first kappa shape index (κ1) is 22.3. The fourth-order valence-electron chi connectivity index (χ4n) is 2.70. The van der Waals surface area contributed by atoms with Gasteiger partial charge < -0.3 is 19.5 Å². The Morgan fingerprint density at radius 2 is 1.76 bits per heavy atom. The molecule has 0 aliphatic carbocycles.